The molecule has 0 spiro atoms. The zero-order valence-electron chi connectivity index (χ0n) is 9.71. The van der Waals surface area contributed by atoms with Crippen molar-refractivity contribution < 1.29 is 13.3 Å². The van der Waals surface area contributed by atoms with Crippen LogP contribution in [0.25, 0.3) is 0 Å². The molecule has 3 saturated heterocycles. The van der Waals surface area contributed by atoms with Crippen LogP contribution in [-0.4, -0.2) is 61.4 Å². The Morgan fingerprint density at radius 1 is 1.06 bits per heavy atom. The zero-order valence-corrected chi connectivity index (χ0v) is 14.6. The van der Waals surface area contributed by atoms with Gasteiger partial charge in [0.1, 0.15) is 0 Å². The van der Waals surface area contributed by atoms with Crippen LogP contribution in [0.1, 0.15) is 6.42 Å². The molecule has 0 radical (unpaired) electrons. The van der Waals surface area contributed by atoms with E-state index >= 15 is 0 Å². The van der Waals surface area contributed by atoms with Gasteiger partial charge in [0.25, 0.3) is 0 Å². The van der Waals surface area contributed by atoms with Gasteiger partial charge in [0.05, 0.1) is 24.3 Å². The lowest BCUT2D eigenvalue weighted by Crippen LogP contribution is -2.60. The summed E-state index contributed by atoms with van der Waals surface area (Å²) in [5.74, 6) is 0. The first kappa shape index (κ1) is 15.8. The lowest BCUT2D eigenvalue weighted by atomic mass is 10.4. The van der Waals surface area contributed by atoms with Crippen LogP contribution in [0.5, 0.6) is 0 Å². The van der Waals surface area contributed by atoms with E-state index in [4.69, 9.17) is 48.1 Å². The fourth-order valence-corrected chi connectivity index (χ4v) is 7.57. The third kappa shape index (κ3) is 4.20. The maximum absolute atomic E-state index is 5.88. The summed E-state index contributed by atoms with van der Waals surface area (Å²) in [6, 6.07) is 0. The van der Waals surface area contributed by atoms with E-state index in [-0.39, 0.29) is 4.45 Å². The molecule has 0 amide bonds. The van der Waals surface area contributed by atoms with E-state index in [2.05, 4.69) is 20.8 Å². The Kier molecular flexibility index (Phi) is 5.66. The van der Waals surface area contributed by atoms with Crippen LogP contribution < -0.4 is 0 Å². The molecule has 0 saturated carbocycles. The topological polar surface area (TPSA) is 30.9 Å². The SMILES string of the molecule is ClC(Cl)(Cl)CC(Br)[Si]12OCCN(CCO1)CCO2. The summed E-state index contributed by atoms with van der Waals surface area (Å²) in [6.45, 7) is 4.47. The van der Waals surface area contributed by atoms with Gasteiger partial charge in [-0.2, -0.15) is 0 Å². The van der Waals surface area contributed by atoms with Crippen molar-refractivity contribution in [3.8, 4) is 0 Å². The van der Waals surface area contributed by atoms with Crippen LogP contribution in [0.4, 0.5) is 0 Å². The van der Waals surface area contributed by atoms with Crippen molar-refractivity contribution in [2.45, 2.75) is 14.7 Å². The van der Waals surface area contributed by atoms with Gasteiger partial charge in [0.15, 0.2) is 3.79 Å². The predicted octanol–water partition coefficient (Wildman–Crippen LogP) is 2.37. The van der Waals surface area contributed by atoms with Crippen molar-refractivity contribution in [3.05, 3.63) is 0 Å². The molecule has 9 heteroatoms. The van der Waals surface area contributed by atoms with E-state index in [0.717, 1.165) is 19.6 Å². The average Bonchev–Trinajstić information content (AvgIpc) is 2.11. The van der Waals surface area contributed by atoms with Gasteiger partial charge < -0.3 is 13.3 Å². The standard InChI is InChI=1S/C9H15BrCl3NO3Si/c10-8(7-9(11,12)13)18-15-4-1-14(2-5-16-18)3-6-17-18/h8H,1-7H2. The first-order valence-corrected chi connectivity index (χ1v) is 9.61. The van der Waals surface area contributed by atoms with Crippen molar-refractivity contribution in [3.63, 3.8) is 0 Å². The molecule has 0 aromatic heterocycles. The molecule has 3 heterocycles. The second-order valence-corrected chi connectivity index (χ2v) is 11.5. The van der Waals surface area contributed by atoms with Crippen LogP contribution >= 0.6 is 50.7 Å². The van der Waals surface area contributed by atoms with E-state index in [1.165, 1.54) is 0 Å². The van der Waals surface area contributed by atoms with Crippen molar-refractivity contribution in [1.29, 1.82) is 0 Å². The molecular formula is C9H15BrCl3NO3Si. The van der Waals surface area contributed by atoms with Crippen molar-refractivity contribution in [2.24, 2.45) is 0 Å². The van der Waals surface area contributed by atoms with E-state index < -0.39 is 12.6 Å². The number of fused-ring (bicyclic) bond motifs is 6. The summed E-state index contributed by atoms with van der Waals surface area (Å²) < 4.78 is 16.1. The summed E-state index contributed by atoms with van der Waals surface area (Å²) in [5.41, 5.74) is 0. The maximum atomic E-state index is 5.88. The van der Waals surface area contributed by atoms with Gasteiger partial charge in [-0.05, 0) is 0 Å². The molecule has 3 fully saturated rings. The molecule has 0 aliphatic carbocycles. The van der Waals surface area contributed by atoms with E-state index in [1.54, 1.807) is 0 Å². The minimum absolute atomic E-state index is 0.206. The van der Waals surface area contributed by atoms with Crippen LogP contribution in [-0.2, 0) is 13.3 Å². The largest absolute Gasteiger partial charge is 0.515 e. The molecule has 1 atom stereocenters. The van der Waals surface area contributed by atoms with Gasteiger partial charge in [-0.25, -0.2) is 0 Å². The van der Waals surface area contributed by atoms with E-state index in [0.29, 0.717) is 26.2 Å². The molecule has 3 rings (SSSR count). The fraction of sp³-hybridized carbons (Fsp3) is 1.00. The molecule has 0 N–H and O–H groups in total. The minimum atomic E-state index is -2.80. The summed E-state index contributed by atoms with van der Waals surface area (Å²) >= 11 is 21.1. The highest BCUT2D eigenvalue weighted by Gasteiger charge is 2.52. The van der Waals surface area contributed by atoms with Crippen LogP contribution in [0.3, 0.4) is 0 Å². The van der Waals surface area contributed by atoms with Crippen LogP contribution in [0.2, 0.25) is 0 Å². The monoisotopic (exact) mass is 397 g/mol. The predicted molar refractivity (Wildman–Crippen MR) is 77.7 cm³/mol. The highest BCUT2D eigenvalue weighted by Crippen LogP contribution is 2.38. The van der Waals surface area contributed by atoms with Gasteiger partial charge in [0, 0.05) is 26.1 Å². The summed E-state index contributed by atoms with van der Waals surface area (Å²) in [6.07, 6.45) is 0.299. The Morgan fingerprint density at radius 3 is 1.89 bits per heavy atom. The Labute approximate surface area is 131 Å². The summed E-state index contributed by atoms with van der Waals surface area (Å²) in [5, 5.41) is 0. The number of nitrogens with zero attached hydrogens (tertiary/aromatic N) is 1. The number of hydrogen-bond donors (Lipinski definition) is 0. The second kappa shape index (κ2) is 6.45. The molecule has 4 nitrogen and oxygen atoms in total. The van der Waals surface area contributed by atoms with Gasteiger partial charge in [0.2, 0.25) is 0 Å². The number of alkyl halides is 4. The minimum Gasteiger partial charge on any atom is -0.371 e. The molecule has 2 bridgehead atoms. The Hall–Kier alpha value is 1.41. The quantitative estimate of drug-likeness (QED) is 0.527. The average molecular weight is 400 g/mol. The van der Waals surface area contributed by atoms with Gasteiger partial charge in [-0.15, -0.1) is 0 Å². The van der Waals surface area contributed by atoms with Gasteiger partial charge >= 0.3 is 8.80 Å². The molecule has 18 heavy (non-hydrogen) atoms. The summed E-state index contributed by atoms with van der Waals surface area (Å²) in [4.78, 5) is 2.26. The Bertz CT molecular complexity index is 268. The molecule has 1 unspecified atom stereocenters. The Morgan fingerprint density at radius 2 is 1.50 bits per heavy atom. The lowest BCUT2D eigenvalue weighted by molar-refractivity contribution is -0.00939. The Balaban J connectivity index is 2.09. The second-order valence-electron chi connectivity index (χ2n) is 4.28. The normalized spacial score (nSPS) is 35.7. The first-order chi connectivity index (χ1) is 8.41. The smallest absolute Gasteiger partial charge is 0.371 e. The van der Waals surface area contributed by atoms with Crippen LogP contribution in [0.15, 0.2) is 0 Å². The third-order valence-electron chi connectivity index (χ3n) is 2.93. The molecule has 106 valence electrons. The summed E-state index contributed by atoms with van der Waals surface area (Å²) in [7, 11) is -2.80. The van der Waals surface area contributed by atoms with E-state index in [1.807, 2.05) is 0 Å². The number of rotatable bonds is 2. The third-order valence-corrected chi connectivity index (χ3v) is 8.19. The highest BCUT2D eigenvalue weighted by molar-refractivity contribution is 9.10. The molecule has 0 aromatic carbocycles. The lowest BCUT2D eigenvalue weighted by Gasteiger charge is -2.40. The molecule has 0 aromatic rings. The fourth-order valence-electron chi connectivity index (χ4n) is 2.01. The van der Waals surface area contributed by atoms with E-state index in [9.17, 15) is 0 Å². The van der Waals surface area contributed by atoms with Crippen molar-refractivity contribution in [1.82, 2.24) is 4.90 Å². The van der Waals surface area contributed by atoms with Crippen LogP contribution in [0, 0.1) is 0 Å². The van der Waals surface area contributed by atoms with Gasteiger partial charge in [-0.3, -0.25) is 4.90 Å². The van der Waals surface area contributed by atoms with Gasteiger partial charge in [-0.1, -0.05) is 50.7 Å². The highest BCUT2D eigenvalue weighted by atomic mass is 79.9. The molecule has 3 aliphatic rings. The van der Waals surface area contributed by atoms with Crippen molar-refractivity contribution in [2.75, 3.05) is 39.5 Å². The zero-order chi connectivity index (χ0) is 13.2. The van der Waals surface area contributed by atoms with Crippen molar-refractivity contribution >= 4 is 59.5 Å². The first-order valence-electron chi connectivity index (χ1n) is 5.76. The maximum Gasteiger partial charge on any atom is 0.515 e. The molecule has 3 aliphatic heterocycles. The molecular weight excluding hydrogens is 384 g/mol. The number of hydrogen-bond acceptors (Lipinski definition) is 4. The number of halogens is 4.